The highest BCUT2D eigenvalue weighted by molar-refractivity contribution is 5.94. The van der Waals surface area contributed by atoms with Gasteiger partial charge in [0.1, 0.15) is 0 Å². The number of hydrogen-bond acceptors (Lipinski definition) is 4. The van der Waals surface area contributed by atoms with Gasteiger partial charge in [-0.15, -0.1) is 0 Å². The number of ether oxygens (including phenoxy) is 1. The quantitative estimate of drug-likeness (QED) is 0.620. The molecule has 0 radical (unpaired) electrons. The number of rotatable bonds is 6. The summed E-state index contributed by atoms with van der Waals surface area (Å²) in [7, 11) is 2.18. The Bertz CT molecular complexity index is 817. The van der Waals surface area contributed by atoms with Crippen LogP contribution in [0.2, 0.25) is 0 Å². The molecule has 0 aromatic heterocycles. The van der Waals surface area contributed by atoms with Crippen LogP contribution in [-0.4, -0.2) is 67.2 Å². The Kier molecular flexibility index (Phi) is 7.39. The number of benzene rings is 1. The third kappa shape index (κ3) is 5.45. The van der Waals surface area contributed by atoms with Crippen LogP contribution in [0.4, 0.5) is 10.5 Å². The second kappa shape index (κ2) is 10.2. The molecule has 1 aliphatic carbocycles. The zero-order valence-corrected chi connectivity index (χ0v) is 20.0. The van der Waals surface area contributed by atoms with Crippen molar-refractivity contribution < 1.29 is 14.3 Å². The number of amides is 2. The molecule has 0 bridgehead atoms. The highest BCUT2D eigenvalue weighted by Crippen LogP contribution is 2.33. The molecule has 3 aliphatic rings. The molecule has 2 fully saturated rings. The van der Waals surface area contributed by atoms with E-state index < -0.39 is 0 Å². The SMILES string of the molecule is CC(C)OC(=O)CC[C@H]1CC[C@H](N2CCN(c3ccc4c(c3)CCN(C)CC4)C2=O)CC1. The lowest BCUT2D eigenvalue weighted by Crippen LogP contribution is -2.41. The molecule has 1 aromatic carbocycles. The van der Waals surface area contributed by atoms with Crippen molar-refractivity contribution in [2.75, 3.05) is 38.1 Å². The van der Waals surface area contributed by atoms with Crippen LogP contribution in [0.1, 0.15) is 63.5 Å². The number of likely N-dealkylation sites (N-methyl/N-ethyl adjacent to an activating group) is 1. The molecule has 6 heteroatoms. The Labute approximate surface area is 192 Å². The first-order chi connectivity index (χ1) is 15.4. The van der Waals surface area contributed by atoms with Gasteiger partial charge in [0, 0.05) is 44.3 Å². The van der Waals surface area contributed by atoms with Crippen molar-refractivity contribution in [2.24, 2.45) is 5.92 Å². The molecule has 1 saturated carbocycles. The summed E-state index contributed by atoms with van der Waals surface area (Å²) in [6.45, 7) is 7.56. The van der Waals surface area contributed by atoms with E-state index in [1.807, 2.05) is 18.7 Å². The summed E-state index contributed by atoms with van der Waals surface area (Å²) >= 11 is 0. The molecule has 2 heterocycles. The van der Waals surface area contributed by atoms with Gasteiger partial charge in [-0.25, -0.2) is 4.79 Å². The van der Waals surface area contributed by atoms with Gasteiger partial charge in [-0.1, -0.05) is 6.07 Å². The van der Waals surface area contributed by atoms with Gasteiger partial charge in [0.15, 0.2) is 0 Å². The van der Waals surface area contributed by atoms with Crippen molar-refractivity contribution in [1.29, 1.82) is 0 Å². The van der Waals surface area contributed by atoms with Crippen LogP contribution >= 0.6 is 0 Å². The minimum atomic E-state index is -0.0834. The van der Waals surface area contributed by atoms with Gasteiger partial charge in [0.2, 0.25) is 0 Å². The normalized spacial score (nSPS) is 24.6. The van der Waals surface area contributed by atoms with E-state index in [1.165, 1.54) is 11.1 Å². The van der Waals surface area contributed by atoms with Gasteiger partial charge in [-0.3, -0.25) is 9.69 Å². The summed E-state index contributed by atoms with van der Waals surface area (Å²) in [6.07, 6.45) is 7.79. The van der Waals surface area contributed by atoms with E-state index in [4.69, 9.17) is 4.74 Å². The van der Waals surface area contributed by atoms with Gasteiger partial charge in [-0.2, -0.15) is 0 Å². The second-order valence-corrected chi connectivity index (χ2v) is 10.1. The van der Waals surface area contributed by atoms with Gasteiger partial charge in [0.05, 0.1) is 6.10 Å². The monoisotopic (exact) mass is 441 g/mol. The van der Waals surface area contributed by atoms with E-state index >= 15 is 0 Å². The van der Waals surface area contributed by atoms with Gasteiger partial charge in [-0.05, 0) is 95.0 Å². The van der Waals surface area contributed by atoms with Crippen LogP contribution in [0, 0.1) is 5.92 Å². The lowest BCUT2D eigenvalue weighted by atomic mass is 9.83. The lowest BCUT2D eigenvalue weighted by Gasteiger charge is -2.34. The number of urea groups is 1. The predicted molar refractivity (Wildman–Crippen MR) is 127 cm³/mol. The minimum Gasteiger partial charge on any atom is -0.463 e. The molecule has 0 unspecified atom stereocenters. The number of nitrogens with zero attached hydrogens (tertiary/aromatic N) is 3. The number of carbonyl (C=O) groups excluding carboxylic acids is 2. The molecule has 0 spiro atoms. The first-order valence-corrected chi connectivity index (χ1v) is 12.5. The number of anilines is 1. The lowest BCUT2D eigenvalue weighted by molar-refractivity contribution is -0.147. The molecule has 0 atom stereocenters. The molecule has 2 amide bonds. The molecule has 2 aliphatic heterocycles. The molecule has 176 valence electrons. The predicted octanol–water partition coefficient (Wildman–Crippen LogP) is 4.25. The Morgan fingerprint density at radius 1 is 1.03 bits per heavy atom. The fourth-order valence-corrected chi connectivity index (χ4v) is 5.51. The van der Waals surface area contributed by atoms with E-state index in [-0.39, 0.29) is 18.1 Å². The maximum absolute atomic E-state index is 13.3. The van der Waals surface area contributed by atoms with E-state index in [0.29, 0.717) is 18.4 Å². The van der Waals surface area contributed by atoms with Gasteiger partial charge >= 0.3 is 12.0 Å². The molecule has 6 nitrogen and oxygen atoms in total. The van der Waals surface area contributed by atoms with Crippen LogP contribution in [0.5, 0.6) is 0 Å². The highest BCUT2D eigenvalue weighted by Gasteiger charge is 2.36. The van der Waals surface area contributed by atoms with Crippen molar-refractivity contribution in [1.82, 2.24) is 9.80 Å². The van der Waals surface area contributed by atoms with Crippen LogP contribution in [0.15, 0.2) is 18.2 Å². The van der Waals surface area contributed by atoms with Gasteiger partial charge < -0.3 is 14.5 Å². The maximum atomic E-state index is 13.3. The Morgan fingerprint density at radius 2 is 1.75 bits per heavy atom. The highest BCUT2D eigenvalue weighted by atomic mass is 16.5. The summed E-state index contributed by atoms with van der Waals surface area (Å²) < 4.78 is 5.26. The summed E-state index contributed by atoms with van der Waals surface area (Å²) in [4.78, 5) is 31.6. The number of hydrogen-bond donors (Lipinski definition) is 0. The van der Waals surface area contributed by atoms with Crippen LogP contribution in [-0.2, 0) is 22.4 Å². The van der Waals surface area contributed by atoms with Crippen LogP contribution in [0.25, 0.3) is 0 Å². The van der Waals surface area contributed by atoms with Crippen LogP contribution < -0.4 is 4.90 Å². The first kappa shape index (κ1) is 23.1. The van der Waals surface area contributed by atoms with E-state index in [2.05, 4.69) is 35.0 Å². The Balaban J connectivity index is 1.30. The molecule has 32 heavy (non-hydrogen) atoms. The largest absolute Gasteiger partial charge is 0.463 e. The fourth-order valence-electron chi connectivity index (χ4n) is 5.51. The summed E-state index contributed by atoms with van der Waals surface area (Å²) in [6, 6.07) is 7.12. The first-order valence-electron chi connectivity index (χ1n) is 12.5. The topological polar surface area (TPSA) is 53.1 Å². The molecular formula is C26H39N3O3. The van der Waals surface area contributed by atoms with Crippen molar-refractivity contribution >= 4 is 17.7 Å². The van der Waals surface area contributed by atoms with Crippen LogP contribution in [0.3, 0.4) is 0 Å². The smallest absolute Gasteiger partial charge is 0.324 e. The average Bonchev–Trinajstić information content (AvgIpc) is 3.05. The third-order valence-corrected chi connectivity index (χ3v) is 7.45. The minimum absolute atomic E-state index is 0.0386. The molecule has 0 N–H and O–H groups in total. The second-order valence-electron chi connectivity index (χ2n) is 10.1. The van der Waals surface area contributed by atoms with E-state index in [9.17, 15) is 9.59 Å². The molecule has 4 rings (SSSR count). The number of fused-ring (bicyclic) bond motifs is 1. The van der Waals surface area contributed by atoms with E-state index in [1.54, 1.807) is 0 Å². The molecule has 1 aromatic rings. The summed E-state index contributed by atoms with van der Waals surface area (Å²) in [5.74, 6) is 0.488. The maximum Gasteiger partial charge on any atom is 0.324 e. The van der Waals surface area contributed by atoms with Crippen molar-refractivity contribution in [2.45, 2.75) is 77.4 Å². The van der Waals surface area contributed by atoms with Crippen molar-refractivity contribution in [3.05, 3.63) is 29.3 Å². The van der Waals surface area contributed by atoms with Crippen molar-refractivity contribution in [3.63, 3.8) is 0 Å². The Morgan fingerprint density at radius 3 is 2.47 bits per heavy atom. The Hall–Kier alpha value is -2.08. The zero-order valence-electron chi connectivity index (χ0n) is 20.0. The van der Waals surface area contributed by atoms with Crippen molar-refractivity contribution in [3.8, 4) is 0 Å². The summed E-state index contributed by atoms with van der Waals surface area (Å²) in [5, 5.41) is 0. The molecular weight excluding hydrogens is 402 g/mol. The molecule has 1 saturated heterocycles. The van der Waals surface area contributed by atoms with Gasteiger partial charge in [0.25, 0.3) is 0 Å². The fraction of sp³-hybridized carbons (Fsp3) is 0.692. The zero-order chi connectivity index (χ0) is 22.7. The number of esters is 1. The average molecular weight is 442 g/mol. The van der Waals surface area contributed by atoms with E-state index in [0.717, 1.165) is 76.8 Å². The number of carbonyl (C=O) groups is 2. The third-order valence-electron chi connectivity index (χ3n) is 7.45. The summed E-state index contributed by atoms with van der Waals surface area (Å²) in [5.41, 5.74) is 3.88. The standard InChI is InChI=1S/C26H39N3O3/c1-19(2)32-25(30)11-6-20-4-8-23(9-5-20)28-16-17-29(26(28)31)24-10-7-21-12-14-27(3)15-13-22(21)18-24/h7,10,18-20,23H,4-6,8-9,11-17H2,1-3H3/t20-,23-.